The van der Waals surface area contributed by atoms with Gasteiger partial charge in [-0.3, -0.25) is 9.55 Å². The number of pyridine rings is 1. The molecule has 0 aliphatic heterocycles. The van der Waals surface area contributed by atoms with Crippen LogP contribution in [0.5, 0.6) is 0 Å². The number of aryl methyl sites for hydroxylation is 1. The zero-order valence-corrected chi connectivity index (χ0v) is 14.2. The lowest BCUT2D eigenvalue weighted by Gasteiger charge is -2.06. The molecule has 4 aromatic rings. The molecule has 0 fully saturated rings. The lowest BCUT2D eigenvalue weighted by Crippen LogP contribution is -2.01. The quantitative estimate of drug-likeness (QED) is 0.552. The van der Waals surface area contributed by atoms with E-state index in [-0.39, 0.29) is 0 Å². The molecule has 1 aromatic carbocycles. The Morgan fingerprint density at radius 1 is 0.960 bits per heavy atom. The summed E-state index contributed by atoms with van der Waals surface area (Å²) in [6, 6.07) is 13.4. The second-order valence-electron chi connectivity index (χ2n) is 5.61. The van der Waals surface area contributed by atoms with Gasteiger partial charge >= 0.3 is 0 Å². The van der Waals surface area contributed by atoms with Crippen LogP contribution in [-0.2, 0) is 0 Å². The van der Waals surface area contributed by atoms with Crippen LogP contribution in [0.4, 0.5) is 0 Å². The summed E-state index contributed by atoms with van der Waals surface area (Å²) in [6.07, 6.45) is 7.13. The molecule has 0 unspecified atom stereocenters. The first-order valence-electron chi connectivity index (χ1n) is 7.75. The molecule has 4 rings (SSSR count). The van der Waals surface area contributed by atoms with Crippen LogP contribution in [0.1, 0.15) is 5.69 Å². The predicted octanol–water partition coefficient (Wildman–Crippen LogP) is 4.35. The number of rotatable bonds is 3. The maximum Gasteiger partial charge on any atom is 0.235 e. The summed E-state index contributed by atoms with van der Waals surface area (Å²) in [7, 11) is 0. The third kappa shape index (κ3) is 3.27. The van der Waals surface area contributed by atoms with Crippen LogP contribution < -0.4 is 0 Å². The van der Waals surface area contributed by atoms with Gasteiger partial charge in [-0.25, -0.2) is 15.0 Å². The molecule has 0 saturated carbocycles. The Hall–Kier alpha value is -3.05. The van der Waals surface area contributed by atoms with Crippen molar-refractivity contribution >= 4 is 11.6 Å². The average molecular weight is 348 g/mol. The zero-order valence-electron chi connectivity index (χ0n) is 13.5. The number of aromatic nitrogens is 5. The first-order chi connectivity index (χ1) is 12.2. The van der Waals surface area contributed by atoms with Crippen molar-refractivity contribution in [2.24, 2.45) is 0 Å². The Kier molecular flexibility index (Phi) is 3.99. The van der Waals surface area contributed by atoms with E-state index in [0.29, 0.717) is 11.0 Å². The number of nitrogens with zero attached hydrogens (tertiary/aromatic N) is 5. The van der Waals surface area contributed by atoms with Gasteiger partial charge in [0.25, 0.3) is 0 Å². The molecule has 25 heavy (non-hydrogen) atoms. The van der Waals surface area contributed by atoms with Crippen molar-refractivity contribution in [3.05, 3.63) is 78.1 Å². The summed E-state index contributed by atoms with van der Waals surface area (Å²) in [5.74, 6) is 0.576. The summed E-state index contributed by atoms with van der Waals surface area (Å²) in [6.45, 7) is 1.95. The van der Waals surface area contributed by atoms with E-state index in [9.17, 15) is 0 Å². The molecule has 0 atom stereocenters. The van der Waals surface area contributed by atoms with Crippen molar-refractivity contribution in [3.8, 4) is 28.5 Å². The first-order valence-corrected chi connectivity index (χ1v) is 8.13. The molecule has 6 heteroatoms. The smallest absolute Gasteiger partial charge is 0.235 e. The molecule has 0 spiro atoms. The van der Waals surface area contributed by atoms with Gasteiger partial charge < -0.3 is 0 Å². The molecule has 3 heterocycles. The molecular formula is C19H14ClN5. The van der Waals surface area contributed by atoms with E-state index in [2.05, 4.69) is 19.9 Å². The van der Waals surface area contributed by atoms with Gasteiger partial charge in [-0.1, -0.05) is 23.7 Å². The van der Waals surface area contributed by atoms with Crippen LogP contribution in [0.2, 0.25) is 5.02 Å². The van der Waals surface area contributed by atoms with Crippen LogP contribution in [0, 0.1) is 6.92 Å². The predicted molar refractivity (Wildman–Crippen MR) is 97.6 cm³/mol. The summed E-state index contributed by atoms with van der Waals surface area (Å²) < 4.78 is 1.81. The molecule has 0 bridgehead atoms. The fourth-order valence-electron chi connectivity index (χ4n) is 2.53. The SMILES string of the molecule is Cc1cc(-c2ccc(Cl)cc2)nc(-n2cnc(-c3cccnc3)c2)n1. The van der Waals surface area contributed by atoms with E-state index in [4.69, 9.17) is 11.6 Å². The largest absolute Gasteiger partial charge is 0.274 e. The van der Waals surface area contributed by atoms with Crippen LogP contribution in [0.3, 0.4) is 0 Å². The van der Waals surface area contributed by atoms with Crippen molar-refractivity contribution in [2.75, 3.05) is 0 Å². The van der Waals surface area contributed by atoms with Gasteiger partial charge in [0, 0.05) is 40.4 Å². The van der Waals surface area contributed by atoms with Gasteiger partial charge in [0.1, 0.15) is 6.33 Å². The minimum absolute atomic E-state index is 0.576. The molecule has 0 N–H and O–H groups in total. The standard InChI is InChI=1S/C19H14ClN5/c1-13-9-17(14-4-6-16(20)7-5-14)24-19(23-13)25-11-18(22-12-25)15-3-2-8-21-10-15/h2-12H,1H3. The Labute approximate surface area is 150 Å². The maximum absolute atomic E-state index is 5.97. The van der Waals surface area contributed by atoms with Crippen LogP contribution >= 0.6 is 11.6 Å². The molecule has 122 valence electrons. The topological polar surface area (TPSA) is 56.5 Å². The third-order valence-corrected chi connectivity index (χ3v) is 4.01. The monoisotopic (exact) mass is 347 g/mol. The molecule has 0 aliphatic carbocycles. The highest BCUT2D eigenvalue weighted by Crippen LogP contribution is 2.22. The highest BCUT2D eigenvalue weighted by Gasteiger charge is 2.09. The van der Waals surface area contributed by atoms with Crippen molar-refractivity contribution < 1.29 is 0 Å². The van der Waals surface area contributed by atoms with Gasteiger partial charge in [0.15, 0.2) is 0 Å². The van der Waals surface area contributed by atoms with E-state index in [1.807, 2.05) is 60.2 Å². The molecule has 0 amide bonds. The molecular weight excluding hydrogens is 334 g/mol. The van der Waals surface area contributed by atoms with Crippen molar-refractivity contribution in [2.45, 2.75) is 6.92 Å². The lowest BCUT2D eigenvalue weighted by atomic mass is 10.1. The minimum atomic E-state index is 0.576. The molecule has 0 aliphatic rings. The normalized spacial score (nSPS) is 10.8. The van der Waals surface area contributed by atoms with E-state index in [1.165, 1.54) is 0 Å². The van der Waals surface area contributed by atoms with Crippen molar-refractivity contribution in [1.82, 2.24) is 24.5 Å². The first kappa shape index (κ1) is 15.5. The number of hydrogen-bond acceptors (Lipinski definition) is 4. The van der Waals surface area contributed by atoms with Crippen molar-refractivity contribution in [1.29, 1.82) is 0 Å². The molecule has 0 radical (unpaired) electrons. The Bertz CT molecular complexity index is 1010. The Balaban J connectivity index is 1.74. The highest BCUT2D eigenvalue weighted by atomic mass is 35.5. The molecule has 5 nitrogen and oxygen atoms in total. The summed E-state index contributed by atoms with van der Waals surface area (Å²) >= 11 is 5.97. The number of hydrogen-bond donors (Lipinski definition) is 0. The lowest BCUT2D eigenvalue weighted by molar-refractivity contribution is 0.912. The van der Waals surface area contributed by atoms with Gasteiger partial charge in [-0.05, 0) is 37.3 Å². The fraction of sp³-hybridized carbons (Fsp3) is 0.0526. The number of imidazole rings is 1. The summed E-state index contributed by atoms with van der Waals surface area (Å²) in [5.41, 5.74) is 4.49. The third-order valence-electron chi connectivity index (χ3n) is 3.75. The van der Waals surface area contributed by atoms with Gasteiger partial charge in [0.2, 0.25) is 5.95 Å². The van der Waals surface area contributed by atoms with Crippen LogP contribution in [0.15, 0.2) is 67.4 Å². The maximum atomic E-state index is 5.97. The fourth-order valence-corrected chi connectivity index (χ4v) is 2.66. The zero-order chi connectivity index (χ0) is 17.2. The molecule has 0 saturated heterocycles. The Morgan fingerprint density at radius 2 is 1.80 bits per heavy atom. The molecule has 3 aromatic heterocycles. The number of halogens is 1. The van der Waals surface area contributed by atoms with Crippen LogP contribution in [-0.4, -0.2) is 24.5 Å². The van der Waals surface area contributed by atoms with Gasteiger partial charge in [-0.2, -0.15) is 0 Å². The number of benzene rings is 1. The van der Waals surface area contributed by atoms with E-state index in [1.54, 1.807) is 18.7 Å². The second kappa shape index (κ2) is 6.45. The van der Waals surface area contributed by atoms with Crippen LogP contribution in [0.25, 0.3) is 28.5 Å². The second-order valence-corrected chi connectivity index (χ2v) is 6.05. The van der Waals surface area contributed by atoms with E-state index in [0.717, 1.165) is 28.2 Å². The highest BCUT2D eigenvalue weighted by molar-refractivity contribution is 6.30. The van der Waals surface area contributed by atoms with E-state index >= 15 is 0 Å². The summed E-state index contributed by atoms with van der Waals surface area (Å²) in [5, 5.41) is 0.700. The Morgan fingerprint density at radius 3 is 2.56 bits per heavy atom. The van der Waals surface area contributed by atoms with E-state index < -0.39 is 0 Å². The average Bonchev–Trinajstić information content (AvgIpc) is 3.13. The van der Waals surface area contributed by atoms with Gasteiger partial charge in [-0.15, -0.1) is 0 Å². The van der Waals surface area contributed by atoms with Crippen molar-refractivity contribution in [3.63, 3.8) is 0 Å². The van der Waals surface area contributed by atoms with Gasteiger partial charge in [0.05, 0.1) is 11.4 Å². The minimum Gasteiger partial charge on any atom is -0.274 e. The summed E-state index contributed by atoms with van der Waals surface area (Å²) in [4.78, 5) is 17.7.